The maximum absolute atomic E-state index is 12.7. The van der Waals surface area contributed by atoms with Crippen molar-refractivity contribution in [2.75, 3.05) is 16.0 Å². The molecular formula is C21H18BrN3O4. The van der Waals surface area contributed by atoms with Gasteiger partial charge in [0.25, 0.3) is 11.8 Å². The molecule has 0 radical (unpaired) electrons. The molecule has 7 nitrogen and oxygen atoms in total. The fourth-order valence-corrected chi connectivity index (χ4v) is 2.91. The van der Waals surface area contributed by atoms with Crippen LogP contribution in [0.1, 0.15) is 33.4 Å². The van der Waals surface area contributed by atoms with Gasteiger partial charge in [-0.25, -0.2) is 0 Å². The minimum absolute atomic E-state index is 0.150. The summed E-state index contributed by atoms with van der Waals surface area (Å²) in [6.07, 6.45) is 0. The number of aryl methyl sites for hydroxylation is 1. The molecule has 0 saturated carbocycles. The number of carbonyl (C=O) groups is 3. The summed E-state index contributed by atoms with van der Waals surface area (Å²) < 4.78 is 5.67. The van der Waals surface area contributed by atoms with E-state index >= 15 is 0 Å². The highest BCUT2D eigenvalue weighted by Crippen LogP contribution is 2.22. The number of furan rings is 1. The lowest BCUT2D eigenvalue weighted by Gasteiger charge is -2.12. The number of benzene rings is 2. The van der Waals surface area contributed by atoms with Crippen LogP contribution in [0.15, 0.2) is 63.7 Å². The van der Waals surface area contributed by atoms with Gasteiger partial charge >= 0.3 is 0 Å². The van der Waals surface area contributed by atoms with Crippen molar-refractivity contribution in [2.45, 2.75) is 13.8 Å². The zero-order valence-electron chi connectivity index (χ0n) is 15.7. The Kier molecular flexibility index (Phi) is 6.13. The largest absolute Gasteiger partial charge is 0.444 e. The Bertz CT molecular complexity index is 1090. The van der Waals surface area contributed by atoms with Crippen LogP contribution in [-0.4, -0.2) is 17.7 Å². The van der Waals surface area contributed by atoms with E-state index < -0.39 is 5.91 Å². The van der Waals surface area contributed by atoms with Crippen LogP contribution in [0.4, 0.5) is 17.1 Å². The van der Waals surface area contributed by atoms with Gasteiger partial charge in [0.2, 0.25) is 5.91 Å². The number of halogens is 1. The number of amides is 3. The van der Waals surface area contributed by atoms with Crippen LogP contribution in [0.2, 0.25) is 0 Å². The summed E-state index contributed by atoms with van der Waals surface area (Å²) in [6.45, 7) is 3.27. The molecule has 0 aliphatic rings. The minimum atomic E-state index is -0.424. The molecule has 0 aliphatic heterocycles. The zero-order chi connectivity index (χ0) is 21.0. The molecule has 3 aromatic rings. The first-order chi connectivity index (χ1) is 13.8. The lowest BCUT2D eigenvalue weighted by molar-refractivity contribution is -0.114. The summed E-state index contributed by atoms with van der Waals surface area (Å²) in [5.41, 5.74) is 2.84. The highest BCUT2D eigenvalue weighted by atomic mass is 79.9. The lowest BCUT2D eigenvalue weighted by atomic mass is 10.1. The van der Waals surface area contributed by atoms with E-state index in [0.29, 0.717) is 27.3 Å². The third kappa shape index (κ3) is 5.32. The summed E-state index contributed by atoms with van der Waals surface area (Å²) in [4.78, 5) is 36.1. The van der Waals surface area contributed by atoms with Gasteiger partial charge in [-0.3, -0.25) is 14.4 Å². The Labute approximate surface area is 175 Å². The van der Waals surface area contributed by atoms with E-state index in [4.69, 9.17) is 4.42 Å². The molecule has 0 unspecified atom stereocenters. The van der Waals surface area contributed by atoms with Gasteiger partial charge in [0, 0.05) is 29.5 Å². The Morgan fingerprint density at radius 3 is 2.31 bits per heavy atom. The molecule has 0 aliphatic carbocycles. The van der Waals surface area contributed by atoms with Crippen molar-refractivity contribution in [2.24, 2.45) is 0 Å². The Balaban J connectivity index is 1.74. The lowest BCUT2D eigenvalue weighted by Crippen LogP contribution is -2.15. The molecule has 0 atom stereocenters. The van der Waals surface area contributed by atoms with E-state index in [1.807, 2.05) is 6.92 Å². The first kappa shape index (κ1) is 20.3. The Morgan fingerprint density at radius 1 is 0.862 bits per heavy atom. The van der Waals surface area contributed by atoms with Gasteiger partial charge < -0.3 is 20.4 Å². The fourth-order valence-electron chi connectivity index (χ4n) is 2.60. The molecule has 0 saturated heterocycles. The molecule has 0 fully saturated rings. The van der Waals surface area contributed by atoms with E-state index in [1.165, 1.54) is 6.92 Å². The van der Waals surface area contributed by atoms with Gasteiger partial charge in [0.15, 0.2) is 10.4 Å². The van der Waals surface area contributed by atoms with Crippen molar-refractivity contribution < 1.29 is 18.8 Å². The molecule has 3 N–H and O–H groups in total. The smallest absolute Gasteiger partial charge is 0.291 e. The number of rotatable bonds is 5. The van der Waals surface area contributed by atoms with Gasteiger partial charge in [-0.05, 0) is 70.9 Å². The van der Waals surface area contributed by atoms with Crippen LogP contribution in [0.25, 0.3) is 0 Å². The molecule has 1 aromatic heterocycles. The summed E-state index contributed by atoms with van der Waals surface area (Å²) in [6, 6.07) is 15.0. The summed E-state index contributed by atoms with van der Waals surface area (Å²) in [5.74, 6) is -0.813. The fraction of sp³-hybridized carbons (Fsp3) is 0.0952. The Hall–Kier alpha value is -3.39. The van der Waals surface area contributed by atoms with Crippen LogP contribution >= 0.6 is 15.9 Å². The zero-order valence-corrected chi connectivity index (χ0v) is 17.3. The molecule has 0 bridgehead atoms. The van der Waals surface area contributed by atoms with Crippen LogP contribution in [0.3, 0.4) is 0 Å². The second kappa shape index (κ2) is 8.74. The topological polar surface area (TPSA) is 100 Å². The minimum Gasteiger partial charge on any atom is -0.444 e. The van der Waals surface area contributed by atoms with E-state index in [0.717, 1.165) is 5.56 Å². The number of anilines is 3. The number of hydrogen-bond donors (Lipinski definition) is 3. The molecule has 1 heterocycles. The predicted molar refractivity (Wildman–Crippen MR) is 114 cm³/mol. The summed E-state index contributed by atoms with van der Waals surface area (Å²) in [5, 5.41) is 8.20. The maximum atomic E-state index is 12.7. The van der Waals surface area contributed by atoms with E-state index in [-0.39, 0.29) is 17.6 Å². The van der Waals surface area contributed by atoms with E-state index in [2.05, 4.69) is 31.9 Å². The van der Waals surface area contributed by atoms with Gasteiger partial charge in [-0.15, -0.1) is 0 Å². The SMILES string of the molecule is CC(=O)Nc1ccc(C)c(NC(=O)c2cccc(NC(=O)c3ccc(Br)o3)c2)c1. The van der Waals surface area contributed by atoms with Gasteiger partial charge in [-0.1, -0.05) is 12.1 Å². The van der Waals surface area contributed by atoms with Crippen molar-refractivity contribution >= 4 is 50.7 Å². The third-order valence-electron chi connectivity index (χ3n) is 3.99. The van der Waals surface area contributed by atoms with Crippen molar-refractivity contribution in [1.82, 2.24) is 0 Å². The first-order valence-electron chi connectivity index (χ1n) is 8.68. The average molecular weight is 456 g/mol. The predicted octanol–water partition coefficient (Wildman–Crippen LogP) is 4.81. The molecule has 0 spiro atoms. The van der Waals surface area contributed by atoms with Crippen molar-refractivity contribution in [3.8, 4) is 0 Å². The second-order valence-corrected chi connectivity index (χ2v) is 7.09. The van der Waals surface area contributed by atoms with Crippen LogP contribution in [0, 0.1) is 6.92 Å². The molecule has 2 aromatic carbocycles. The van der Waals surface area contributed by atoms with E-state index in [1.54, 1.807) is 54.6 Å². The molecule has 3 amide bonds. The van der Waals surface area contributed by atoms with Crippen molar-refractivity contribution in [1.29, 1.82) is 0 Å². The number of nitrogens with one attached hydrogen (secondary N) is 3. The van der Waals surface area contributed by atoms with Gasteiger partial charge in [-0.2, -0.15) is 0 Å². The maximum Gasteiger partial charge on any atom is 0.291 e. The number of carbonyl (C=O) groups excluding carboxylic acids is 3. The highest BCUT2D eigenvalue weighted by Gasteiger charge is 2.13. The first-order valence-corrected chi connectivity index (χ1v) is 9.47. The third-order valence-corrected chi connectivity index (χ3v) is 4.41. The molecule has 29 heavy (non-hydrogen) atoms. The average Bonchev–Trinajstić information content (AvgIpc) is 3.11. The van der Waals surface area contributed by atoms with Gasteiger partial charge in [0.1, 0.15) is 0 Å². The molecule has 8 heteroatoms. The Morgan fingerprint density at radius 2 is 1.62 bits per heavy atom. The van der Waals surface area contributed by atoms with Crippen LogP contribution in [0.5, 0.6) is 0 Å². The number of hydrogen-bond acceptors (Lipinski definition) is 4. The monoisotopic (exact) mass is 455 g/mol. The van der Waals surface area contributed by atoms with Crippen molar-refractivity contribution in [3.05, 3.63) is 76.2 Å². The molecular weight excluding hydrogens is 438 g/mol. The normalized spacial score (nSPS) is 10.3. The molecule has 148 valence electrons. The standard InChI is InChI=1S/C21H18BrN3O4/c1-12-6-7-16(23-13(2)26)11-17(12)25-20(27)14-4-3-5-15(10-14)24-21(28)18-8-9-19(22)29-18/h3-11H,1-2H3,(H,23,26)(H,24,28)(H,25,27). The van der Waals surface area contributed by atoms with Gasteiger partial charge in [0.05, 0.1) is 0 Å². The van der Waals surface area contributed by atoms with Crippen LogP contribution in [-0.2, 0) is 4.79 Å². The molecule has 3 rings (SSSR count). The quantitative estimate of drug-likeness (QED) is 0.513. The highest BCUT2D eigenvalue weighted by molar-refractivity contribution is 9.10. The summed E-state index contributed by atoms with van der Waals surface area (Å²) >= 11 is 3.15. The second-order valence-electron chi connectivity index (χ2n) is 6.30. The summed E-state index contributed by atoms with van der Waals surface area (Å²) in [7, 11) is 0. The van der Waals surface area contributed by atoms with Crippen molar-refractivity contribution in [3.63, 3.8) is 0 Å². The van der Waals surface area contributed by atoms with Crippen LogP contribution < -0.4 is 16.0 Å². The van der Waals surface area contributed by atoms with E-state index in [9.17, 15) is 14.4 Å².